The standard InChI is InChI=1S/C18H20FN3O5/c1-18(2)17-21-13(14(23)16(25)22(17)6-7-27-18)15(24)20-9-10-4-5-11(19)12(8-10)26-3/h4-5,8,23H,6-7,9H2,1-3H3,(H,20,24). The van der Waals surface area contributed by atoms with E-state index in [0.29, 0.717) is 12.2 Å². The van der Waals surface area contributed by atoms with Crippen LogP contribution < -0.4 is 15.6 Å². The molecule has 1 aromatic heterocycles. The zero-order chi connectivity index (χ0) is 19.8. The number of carbonyl (C=O) groups is 1. The summed E-state index contributed by atoms with van der Waals surface area (Å²) >= 11 is 0. The molecule has 3 rings (SSSR count). The van der Waals surface area contributed by atoms with Crippen LogP contribution in [0.1, 0.15) is 35.7 Å². The number of hydrogen-bond acceptors (Lipinski definition) is 6. The summed E-state index contributed by atoms with van der Waals surface area (Å²) in [6.07, 6.45) is 0. The van der Waals surface area contributed by atoms with Gasteiger partial charge in [-0.2, -0.15) is 0 Å². The van der Waals surface area contributed by atoms with Crippen molar-refractivity contribution in [2.75, 3.05) is 13.7 Å². The molecule has 1 amide bonds. The molecule has 0 atom stereocenters. The Bertz CT molecular complexity index is 955. The molecule has 2 N–H and O–H groups in total. The lowest BCUT2D eigenvalue weighted by Gasteiger charge is -2.32. The van der Waals surface area contributed by atoms with Gasteiger partial charge in [0.2, 0.25) is 5.75 Å². The molecule has 1 aromatic carbocycles. The molecular weight excluding hydrogens is 357 g/mol. The third kappa shape index (κ3) is 3.50. The number of nitrogens with one attached hydrogen (secondary N) is 1. The molecule has 9 heteroatoms. The average molecular weight is 377 g/mol. The van der Waals surface area contributed by atoms with Crippen molar-refractivity contribution >= 4 is 5.91 Å². The van der Waals surface area contributed by atoms with E-state index in [1.54, 1.807) is 13.8 Å². The van der Waals surface area contributed by atoms with Crippen LogP contribution in [-0.4, -0.2) is 34.3 Å². The monoisotopic (exact) mass is 377 g/mol. The van der Waals surface area contributed by atoms with E-state index >= 15 is 0 Å². The van der Waals surface area contributed by atoms with Crippen molar-refractivity contribution in [1.29, 1.82) is 0 Å². The second kappa shape index (κ2) is 6.99. The Labute approximate surface area is 154 Å². The van der Waals surface area contributed by atoms with E-state index in [9.17, 15) is 19.1 Å². The van der Waals surface area contributed by atoms with Crippen molar-refractivity contribution in [2.45, 2.75) is 32.5 Å². The van der Waals surface area contributed by atoms with Crippen molar-refractivity contribution < 1.29 is 23.8 Å². The van der Waals surface area contributed by atoms with Crippen molar-refractivity contribution in [3.8, 4) is 11.5 Å². The van der Waals surface area contributed by atoms with Crippen LogP contribution in [0.5, 0.6) is 11.5 Å². The Balaban J connectivity index is 1.87. The van der Waals surface area contributed by atoms with Gasteiger partial charge in [0.05, 0.1) is 20.3 Å². The maximum absolute atomic E-state index is 13.5. The third-order valence-electron chi connectivity index (χ3n) is 4.35. The Morgan fingerprint density at radius 2 is 2.22 bits per heavy atom. The second-order valence-corrected chi connectivity index (χ2v) is 6.60. The quantitative estimate of drug-likeness (QED) is 0.832. The van der Waals surface area contributed by atoms with Gasteiger partial charge in [0.1, 0.15) is 11.4 Å². The predicted molar refractivity (Wildman–Crippen MR) is 93.3 cm³/mol. The van der Waals surface area contributed by atoms with Gasteiger partial charge in [-0.25, -0.2) is 9.37 Å². The molecule has 0 fully saturated rings. The van der Waals surface area contributed by atoms with E-state index in [1.165, 1.54) is 29.9 Å². The zero-order valence-electron chi connectivity index (χ0n) is 15.2. The topological polar surface area (TPSA) is 103 Å². The Kier molecular flexibility index (Phi) is 4.88. The summed E-state index contributed by atoms with van der Waals surface area (Å²) in [6.45, 7) is 4.05. The van der Waals surface area contributed by atoms with Gasteiger partial charge in [-0.1, -0.05) is 6.07 Å². The number of nitrogens with zero attached hydrogens (tertiary/aromatic N) is 2. The van der Waals surface area contributed by atoms with E-state index in [2.05, 4.69) is 10.3 Å². The number of aromatic hydroxyl groups is 1. The summed E-state index contributed by atoms with van der Waals surface area (Å²) in [5, 5.41) is 12.7. The first-order valence-corrected chi connectivity index (χ1v) is 8.33. The fraction of sp³-hybridized carbons (Fsp3) is 0.389. The predicted octanol–water partition coefficient (Wildman–Crippen LogP) is 1.29. The van der Waals surface area contributed by atoms with Gasteiger partial charge in [0, 0.05) is 6.54 Å². The summed E-state index contributed by atoms with van der Waals surface area (Å²) in [5.41, 5.74) is -1.35. The lowest BCUT2D eigenvalue weighted by Crippen LogP contribution is -2.42. The van der Waals surface area contributed by atoms with E-state index in [4.69, 9.17) is 9.47 Å². The summed E-state index contributed by atoms with van der Waals surface area (Å²) in [6, 6.07) is 4.16. The van der Waals surface area contributed by atoms with Gasteiger partial charge in [-0.15, -0.1) is 0 Å². The molecular formula is C18H20FN3O5. The van der Waals surface area contributed by atoms with Crippen LogP contribution in [0.3, 0.4) is 0 Å². The highest BCUT2D eigenvalue weighted by Gasteiger charge is 2.34. The largest absolute Gasteiger partial charge is 0.501 e. The number of amides is 1. The van der Waals surface area contributed by atoms with Crippen molar-refractivity contribution in [2.24, 2.45) is 0 Å². The van der Waals surface area contributed by atoms with E-state index in [-0.39, 0.29) is 30.4 Å². The number of ether oxygens (including phenoxy) is 2. The number of benzene rings is 1. The van der Waals surface area contributed by atoms with E-state index in [1.807, 2.05) is 0 Å². The molecule has 1 aliphatic rings. The molecule has 27 heavy (non-hydrogen) atoms. The Morgan fingerprint density at radius 3 is 2.93 bits per heavy atom. The molecule has 0 saturated heterocycles. The Morgan fingerprint density at radius 1 is 1.48 bits per heavy atom. The number of aromatic nitrogens is 2. The van der Waals surface area contributed by atoms with Crippen LogP contribution in [0.25, 0.3) is 0 Å². The molecule has 0 aliphatic carbocycles. The molecule has 0 radical (unpaired) electrons. The SMILES string of the molecule is COc1cc(CNC(=O)c2nc3n(c(=O)c2O)CCOC3(C)C)ccc1F. The molecule has 1 aliphatic heterocycles. The fourth-order valence-corrected chi connectivity index (χ4v) is 2.91. The smallest absolute Gasteiger partial charge is 0.296 e. The zero-order valence-corrected chi connectivity index (χ0v) is 15.2. The lowest BCUT2D eigenvalue weighted by molar-refractivity contribution is -0.0566. The summed E-state index contributed by atoms with van der Waals surface area (Å²) < 4.78 is 25.3. The first-order valence-electron chi connectivity index (χ1n) is 8.33. The molecule has 8 nitrogen and oxygen atoms in total. The molecule has 144 valence electrons. The van der Waals surface area contributed by atoms with E-state index in [0.717, 1.165) is 0 Å². The van der Waals surface area contributed by atoms with Crippen LogP contribution in [0.15, 0.2) is 23.0 Å². The first-order chi connectivity index (χ1) is 12.7. The number of halogens is 1. The van der Waals surface area contributed by atoms with Crippen LogP contribution in [0, 0.1) is 5.82 Å². The highest BCUT2D eigenvalue weighted by atomic mass is 19.1. The average Bonchev–Trinajstić information content (AvgIpc) is 2.63. The maximum atomic E-state index is 13.5. The lowest BCUT2D eigenvalue weighted by atomic mass is 10.1. The van der Waals surface area contributed by atoms with Crippen molar-refractivity contribution in [1.82, 2.24) is 14.9 Å². The minimum Gasteiger partial charge on any atom is -0.501 e. The first kappa shape index (κ1) is 18.8. The van der Waals surface area contributed by atoms with Crippen molar-refractivity contribution in [3.63, 3.8) is 0 Å². The summed E-state index contributed by atoms with van der Waals surface area (Å²) in [5.74, 6) is -1.64. The van der Waals surface area contributed by atoms with E-state index < -0.39 is 28.6 Å². The van der Waals surface area contributed by atoms with Gasteiger partial charge < -0.3 is 19.9 Å². The molecule has 0 unspecified atom stereocenters. The van der Waals surface area contributed by atoms with Crippen LogP contribution >= 0.6 is 0 Å². The van der Waals surface area contributed by atoms with Gasteiger partial charge in [0.25, 0.3) is 11.5 Å². The summed E-state index contributed by atoms with van der Waals surface area (Å²) in [7, 11) is 1.34. The number of hydrogen-bond donors (Lipinski definition) is 2. The molecule has 0 saturated carbocycles. The van der Waals surface area contributed by atoms with Gasteiger partial charge in [0.15, 0.2) is 17.3 Å². The van der Waals surface area contributed by atoms with Gasteiger partial charge in [-0.05, 0) is 31.5 Å². The fourth-order valence-electron chi connectivity index (χ4n) is 2.91. The number of fused-ring (bicyclic) bond motifs is 1. The van der Waals surface area contributed by atoms with Crippen LogP contribution in [0.2, 0.25) is 0 Å². The third-order valence-corrected chi connectivity index (χ3v) is 4.35. The highest BCUT2D eigenvalue weighted by molar-refractivity contribution is 5.94. The molecule has 2 aromatic rings. The minimum absolute atomic E-state index is 0.0366. The maximum Gasteiger partial charge on any atom is 0.296 e. The minimum atomic E-state index is -0.871. The normalized spacial score (nSPS) is 15.1. The second-order valence-electron chi connectivity index (χ2n) is 6.60. The molecule has 0 spiro atoms. The summed E-state index contributed by atoms with van der Waals surface area (Å²) in [4.78, 5) is 29.1. The number of rotatable bonds is 4. The number of carbonyl (C=O) groups excluding carboxylic acids is 1. The van der Waals surface area contributed by atoms with Crippen LogP contribution in [-0.2, 0) is 23.4 Å². The van der Waals surface area contributed by atoms with Crippen LogP contribution in [0.4, 0.5) is 4.39 Å². The number of methoxy groups -OCH3 is 1. The molecule has 0 bridgehead atoms. The highest BCUT2D eigenvalue weighted by Crippen LogP contribution is 2.27. The van der Waals surface area contributed by atoms with Gasteiger partial charge >= 0.3 is 0 Å². The Hall–Kier alpha value is -2.94. The molecule has 2 heterocycles. The van der Waals surface area contributed by atoms with Crippen molar-refractivity contribution in [3.05, 3.63) is 51.5 Å². The van der Waals surface area contributed by atoms with Gasteiger partial charge in [-0.3, -0.25) is 14.2 Å².